The first-order chi connectivity index (χ1) is 17.4. The van der Waals surface area contributed by atoms with Crippen molar-refractivity contribution in [1.82, 2.24) is 5.32 Å². The van der Waals surface area contributed by atoms with Gasteiger partial charge in [0.2, 0.25) is 0 Å². The summed E-state index contributed by atoms with van der Waals surface area (Å²) in [6.45, 7) is 1.76. The molecule has 0 aromatic heterocycles. The number of benzene rings is 2. The molecule has 0 amide bonds. The van der Waals surface area contributed by atoms with E-state index in [2.05, 4.69) is 15.1 Å². The van der Waals surface area contributed by atoms with Gasteiger partial charge in [-0.3, -0.25) is 9.87 Å². The fraction of sp³-hybridized carbons (Fsp3) is 0.500. The maximum atomic E-state index is 13.0. The normalized spacial score (nSPS) is 24.1. The van der Waals surface area contributed by atoms with Crippen LogP contribution < -0.4 is 10.1 Å². The zero-order valence-corrected chi connectivity index (χ0v) is 21.5. The summed E-state index contributed by atoms with van der Waals surface area (Å²) in [5.41, 5.74) is 1.03. The zero-order chi connectivity index (χ0) is 26.9. The number of ether oxygens (including phenoxy) is 1. The predicted molar refractivity (Wildman–Crippen MR) is 129 cm³/mol. The molecule has 0 aliphatic carbocycles. The van der Waals surface area contributed by atoms with Crippen molar-refractivity contribution < 1.29 is 45.8 Å². The Kier molecular flexibility index (Phi) is 8.15. The maximum absolute atomic E-state index is 13.0. The molecule has 4 rings (SSSR count). The van der Waals surface area contributed by atoms with E-state index in [1.807, 2.05) is 43.3 Å². The van der Waals surface area contributed by atoms with Gasteiger partial charge in [-0.1, -0.05) is 43.3 Å². The van der Waals surface area contributed by atoms with Crippen LogP contribution in [0.15, 0.2) is 53.4 Å². The molecule has 0 saturated carbocycles. The Morgan fingerprint density at radius 1 is 1.22 bits per heavy atom. The highest BCUT2D eigenvalue weighted by Gasteiger charge is 2.61. The highest BCUT2D eigenvalue weighted by atomic mass is 32.2. The van der Waals surface area contributed by atoms with Gasteiger partial charge in [0.05, 0.1) is 31.6 Å². The van der Waals surface area contributed by atoms with Gasteiger partial charge in [-0.25, -0.2) is 0 Å². The number of halogens is 3. The van der Waals surface area contributed by atoms with E-state index in [0.29, 0.717) is 17.9 Å². The minimum Gasteiger partial charge on any atom is -0.493 e. The summed E-state index contributed by atoms with van der Waals surface area (Å²) in [5.74, 6) is 0.844. The molecule has 2 aromatic carbocycles. The summed E-state index contributed by atoms with van der Waals surface area (Å²) in [5, 5.41) is 11.8. The maximum Gasteiger partial charge on any atom is 0.391 e. The lowest BCUT2D eigenvalue weighted by atomic mass is 9.87. The molecule has 204 valence electrons. The monoisotopic (exact) mass is 563 g/mol. The quantitative estimate of drug-likeness (QED) is 0.216. The van der Waals surface area contributed by atoms with Crippen molar-refractivity contribution in [2.75, 3.05) is 12.4 Å². The average molecular weight is 564 g/mol. The molecule has 1 fully saturated rings. The number of alkyl halides is 3. The molecule has 2 aliphatic rings. The minimum absolute atomic E-state index is 0.0750. The number of hydrogen-bond donors (Lipinski definition) is 3. The van der Waals surface area contributed by atoms with Crippen LogP contribution in [0.1, 0.15) is 49.8 Å². The zero-order valence-electron chi connectivity index (χ0n) is 19.9. The summed E-state index contributed by atoms with van der Waals surface area (Å²) in [6, 6.07) is 14.5. The smallest absolute Gasteiger partial charge is 0.391 e. The van der Waals surface area contributed by atoms with Gasteiger partial charge in [-0.15, -0.1) is 11.8 Å². The summed E-state index contributed by atoms with van der Waals surface area (Å²) in [4.78, 5) is 9.73. The Bertz CT molecular complexity index is 1190. The van der Waals surface area contributed by atoms with Crippen LogP contribution in [0.25, 0.3) is 0 Å². The Morgan fingerprint density at radius 3 is 2.51 bits per heavy atom. The standard InChI is InChI=1S/C24H28F3NO7S2/c1-2-22(13-17(29)14-23(25,26)27)15-36-20-12-18(33-11-10-24(34-35-24)37(30,31)32)8-9-19(20)21(28-22)16-6-4-3-5-7-16/h3-9,12,17,21,28-29H,2,10-11,13-15H2,1H3,(H,30,31,32)/t17?,21-,22-/m0/s1. The first-order valence-corrected chi connectivity index (χ1v) is 14.1. The molecule has 3 N–H and O–H groups in total. The Labute approximate surface area is 217 Å². The number of rotatable bonds is 10. The highest BCUT2D eigenvalue weighted by Crippen LogP contribution is 2.43. The third-order valence-corrected chi connectivity index (χ3v) is 8.98. The highest BCUT2D eigenvalue weighted by molar-refractivity contribution is 7.99. The fourth-order valence-electron chi connectivity index (χ4n) is 4.41. The number of aliphatic hydroxyl groups excluding tert-OH is 1. The van der Waals surface area contributed by atoms with Gasteiger partial charge >= 0.3 is 21.4 Å². The molecule has 0 bridgehead atoms. The number of fused-ring (bicyclic) bond motifs is 1. The summed E-state index contributed by atoms with van der Waals surface area (Å²) in [7, 11) is -4.57. The van der Waals surface area contributed by atoms with Crippen LogP contribution in [0.3, 0.4) is 0 Å². The number of thioether (sulfide) groups is 1. The molecule has 2 heterocycles. The molecule has 37 heavy (non-hydrogen) atoms. The minimum atomic E-state index is -4.57. The molecular formula is C24H28F3NO7S2. The van der Waals surface area contributed by atoms with Crippen LogP contribution >= 0.6 is 11.8 Å². The van der Waals surface area contributed by atoms with E-state index < -0.39 is 39.5 Å². The second-order valence-corrected chi connectivity index (χ2v) is 11.8. The summed E-state index contributed by atoms with van der Waals surface area (Å²) in [6.07, 6.45) is -7.13. The fourth-order valence-corrected chi connectivity index (χ4v) is 6.35. The van der Waals surface area contributed by atoms with Gasteiger partial charge in [0.25, 0.3) is 0 Å². The van der Waals surface area contributed by atoms with Gasteiger partial charge in [-0.05, 0) is 36.1 Å². The van der Waals surface area contributed by atoms with E-state index >= 15 is 0 Å². The van der Waals surface area contributed by atoms with Crippen molar-refractivity contribution in [3.8, 4) is 5.75 Å². The summed E-state index contributed by atoms with van der Waals surface area (Å²) < 4.78 is 76.5. The number of hydrogen-bond acceptors (Lipinski definition) is 8. The van der Waals surface area contributed by atoms with E-state index in [9.17, 15) is 31.2 Å². The van der Waals surface area contributed by atoms with Crippen molar-refractivity contribution in [2.45, 2.75) is 66.5 Å². The molecule has 8 nitrogen and oxygen atoms in total. The second kappa shape index (κ2) is 10.7. The topological polar surface area (TPSA) is 121 Å². The van der Waals surface area contributed by atoms with Gasteiger partial charge in [0.15, 0.2) is 0 Å². The molecule has 0 spiro atoms. The molecular weight excluding hydrogens is 535 g/mol. The van der Waals surface area contributed by atoms with E-state index in [1.54, 1.807) is 12.1 Å². The third-order valence-electron chi connectivity index (χ3n) is 6.49. The number of aliphatic hydroxyl groups is 1. The molecule has 2 aliphatic heterocycles. The van der Waals surface area contributed by atoms with Crippen LogP contribution in [0, 0.1) is 0 Å². The van der Waals surface area contributed by atoms with Gasteiger partial charge < -0.3 is 9.84 Å². The SMILES string of the molecule is CC[C@]1(CC(O)CC(F)(F)F)CSc2cc(OCCC3(S(=O)(=O)O)OO3)ccc2[C@H](c2ccccc2)N1. The largest absolute Gasteiger partial charge is 0.493 e. The molecule has 0 radical (unpaired) electrons. The van der Waals surface area contributed by atoms with Crippen molar-refractivity contribution in [3.63, 3.8) is 0 Å². The van der Waals surface area contributed by atoms with Crippen molar-refractivity contribution in [2.24, 2.45) is 0 Å². The van der Waals surface area contributed by atoms with Crippen molar-refractivity contribution >= 4 is 21.9 Å². The van der Waals surface area contributed by atoms with Gasteiger partial charge in [-0.2, -0.15) is 31.4 Å². The molecule has 2 aromatic rings. The predicted octanol–water partition coefficient (Wildman–Crippen LogP) is 4.60. The Balaban J connectivity index is 1.57. The van der Waals surface area contributed by atoms with E-state index in [1.165, 1.54) is 11.8 Å². The van der Waals surface area contributed by atoms with E-state index in [0.717, 1.165) is 16.0 Å². The Morgan fingerprint density at radius 2 is 1.92 bits per heavy atom. The van der Waals surface area contributed by atoms with Gasteiger partial charge in [0.1, 0.15) is 5.75 Å². The molecule has 1 unspecified atom stereocenters. The van der Waals surface area contributed by atoms with Crippen LogP contribution in [-0.4, -0.2) is 53.4 Å². The first kappa shape index (κ1) is 28.1. The lowest BCUT2D eigenvalue weighted by Crippen LogP contribution is -2.50. The first-order valence-electron chi connectivity index (χ1n) is 11.7. The lowest BCUT2D eigenvalue weighted by molar-refractivity contribution is -0.155. The van der Waals surface area contributed by atoms with Crippen molar-refractivity contribution in [1.29, 1.82) is 0 Å². The van der Waals surface area contributed by atoms with E-state index in [4.69, 9.17) is 4.74 Å². The van der Waals surface area contributed by atoms with Gasteiger partial charge in [0, 0.05) is 16.2 Å². The van der Waals surface area contributed by atoms with Crippen LogP contribution in [0.5, 0.6) is 5.75 Å². The molecule has 3 atom stereocenters. The molecule has 1 saturated heterocycles. The Hall–Kier alpha value is -1.87. The van der Waals surface area contributed by atoms with E-state index in [-0.39, 0.29) is 25.5 Å². The van der Waals surface area contributed by atoms with Crippen molar-refractivity contribution in [3.05, 3.63) is 59.7 Å². The third kappa shape index (κ3) is 6.77. The lowest BCUT2D eigenvalue weighted by Gasteiger charge is -2.37. The van der Waals surface area contributed by atoms with Crippen LogP contribution in [0.4, 0.5) is 13.2 Å². The molecule has 13 heteroatoms. The summed E-state index contributed by atoms with van der Waals surface area (Å²) >= 11 is 1.45. The number of nitrogens with one attached hydrogen (secondary N) is 1. The van der Waals surface area contributed by atoms with Crippen LogP contribution in [0.2, 0.25) is 0 Å². The average Bonchev–Trinajstić information content (AvgIpc) is 3.63. The second-order valence-electron chi connectivity index (χ2n) is 9.21. The van der Waals surface area contributed by atoms with Crippen LogP contribution in [-0.2, 0) is 19.9 Å².